The van der Waals surface area contributed by atoms with Gasteiger partial charge in [0.15, 0.2) is 0 Å². The van der Waals surface area contributed by atoms with Crippen molar-refractivity contribution in [2.45, 2.75) is 18.6 Å². The van der Waals surface area contributed by atoms with Crippen LogP contribution in [0.3, 0.4) is 0 Å². The molecule has 2 rings (SSSR count). The number of nitrogens with one attached hydrogen (secondary N) is 1. The molecule has 0 aliphatic carbocycles. The SMILES string of the molecule is CO[C@@H]1CN(C)CC[C@H]1Nc1ccc(F)cc1. The van der Waals surface area contributed by atoms with E-state index in [4.69, 9.17) is 4.74 Å². The van der Waals surface area contributed by atoms with Gasteiger partial charge in [-0.2, -0.15) is 0 Å². The number of hydrogen-bond acceptors (Lipinski definition) is 3. The minimum atomic E-state index is -0.206. The zero-order valence-corrected chi connectivity index (χ0v) is 10.3. The molecule has 0 saturated carbocycles. The van der Waals surface area contributed by atoms with Crippen LogP contribution >= 0.6 is 0 Å². The molecular formula is C13H19FN2O. The van der Waals surface area contributed by atoms with E-state index in [1.165, 1.54) is 12.1 Å². The Morgan fingerprint density at radius 1 is 1.35 bits per heavy atom. The van der Waals surface area contributed by atoms with Crippen LogP contribution in [0, 0.1) is 5.82 Å². The molecule has 0 bridgehead atoms. The lowest BCUT2D eigenvalue weighted by Gasteiger charge is -2.36. The van der Waals surface area contributed by atoms with Gasteiger partial charge in [0, 0.05) is 19.3 Å². The van der Waals surface area contributed by atoms with Crippen LogP contribution in [0.4, 0.5) is 10.1 Å². The van der Waals surface area contributed by atoms with Crippen molar-refractivity contribution < 1.29 is 9.13 Å². The Kier molecular flexibility index (Phi) is 3.97. The lowest BCUT2D eigenvalue weighted by molar-refractivity contribution is 0.0312. The molecule has 1 aliphatic heterocycles. The molecule has 0 amide bonds. The second-order valence-electron chi connectivity index (χ2n) is 4.58. The molecule has 1 heterocycles. The van der Waals surface area contributed by atoms with Gasteiger partial charge in [-0.25, -0.2) is 4.39 Å². The highest BCUT2D eigenvalue weighted by Gasteiger charge is 2.27. The van der Waals surface area contributed by atoms with Crippen LogP contribution in [0.25, 0.3) is 0 Å². The Morgan fingerprint density at radius 3 is 2.71 bits per heavy atom. The summed E-state index contributed by atoms with van der Waals surface area (Å²) in [4.78, 5) is 2.26. The van der Waals surface area contributed by atoms with Crippen molar-refractivity contribution in [3.05, 3.63) is 30.1 Å². The molecule has 1 aromatic carbocycles. The summed E-state index contributed by atoms with van der Waals surface area (Å²) >= 11 is 0. The summed E-state index contributed by atoms with van der Waals surface area (Å²) in [6.45, 7) is 1.98. The second-order valence-corrected chi connectivity index (χ2v) is 4.58. The molecule has 94 valence electrons. The quantitative estimate of drug-likeness (QED) is 0.871. The van der Waals surface area contributed by atoms with Gasteiger partial charge < -0.3 is 15.0 Å². The summed E-state index contributed by atoms with van der Waals surface area (Å²) in [7, 11) is 3.84. The molecule has 1 N–H and O–H groups in total. The Balaban J connectivity index is 1.99. The molecule has 17 heavy (non-hydrogen) atoms. The van der Waals surface area contributed by atoms with E-state index in [1.54, 1.807) is 19.2 Å². The smallest absolute Gasteiger partial charge is 0.123 e. The van der Waals surface area contributed by atoms with Crippen molar-refractivity contribution >= 4 is 5.69 Å². The number of benzene rings is 1. The summed E-state index contributed by atoms with van der Waals surface area (Å²) in [6, 6.07) is 6.76. The fraction of sp³-hybridized carbons (Fsp3) is 0.538. The Morgan fingerprint density at radius 2 is 2.06 bits per heavy atom. The number of piperidine rings is 1. The molecule has 1 aromatic rings. The number of halogens is 1. The van der Waals surface area contributed by atoms with E-state index in [2.05, 4.69) is 17.3 Å². The summed E-state index contributed by atoms with van der Waals surface area (Å²) in [6.07, 6.45) is 1.21. The van der Waals surface area contributed by atoms with Crippen molar-refractivity contribution in [1.29, 1.82) is 0 Å². The van der Waals surface area contributed by atoms with Gasteiger partial charge in [0.2, 0.25) is 0 Å². The van der Waals surface area contributed by atoms with Crippen LogP contribution in [0.5, 0.6) is 0 Å². The van der Waals surface area contributed by atoms with Crippen LogP contribution < -0.4 is 5.32 Å². The van der Waals surface area contributed by atoms with Crippen LogP contribution in [0.2, 0.25) is 0 Å². The van der Waals surface area contributed by atoms with Crippen LogP contribution in [-0.2, 0) is 4.74 Å². The zero-order valence-electron chi connectivity index (χ0n) is 10.3. The molecular weight excluding hydrogens is 219 g/mol. The van der Waals surface area contributed by atoms with Crippen molar-refractivity contribution in [2.75, 3.05) is 32.6 Å². The normalized spacial score (nSPS) is 25.8. The monoisotopic (exact) mass is 238 g/mol. The summed E-state index contributed by atoms with van der Waals surface area (Å²) in [5, 5.41) is 3.41. The number of likely N-dealkylation sites (tertiary alicyclic amines) is 1. The maximum Gasteiger partial charge on any atom is 0.123 e. The van der Waals surface area contributed by atoms with Crippen molar-refractivity contribution in [3.8, 4) is 0 Å². The third kappa shape index (κ3) is 3.17. The topological polar surface area (TPSA) is 24.5 Å². The van der Waals surface area contributed by atoms with Crippen molar-refractivity contribution in [2.24, 2.45) is 0 Å². The van der Waals surface area contributed by atoms with E-state index in [1.807, 2.05) is 0 Å². The maximum absolute atomic E-state index is 12.8. The van der Waals surface area contributed by atoms with Gasteiger partial charge in [0.25, 0.3) is 0 Å². The molecule has 1 saturated heterocycles. The van der Waals surface area contributed by atoms with Gasteiger partial charge in [0.05, 0.1) is 12.1 Å². The number of anilines is 1. The summed E-state index contributed by atoms with van der Waals surface area (Å²) in [5.74, 6) is -0.206. The second kappa shape index (κ2) is 5.47. The standard InChI is InChI=1S/C13H19FN2O/c1-16-8-7-12(13(9-16)17-2)15-11-5-3-10(14)4-6-11/h3-6,12-13,15H,7-9H2,1-2H3/t12-,13-/m1/s1. The van der Waals surface area contributed by atoms with Crippen molar-refractivity contribution in [3.63, 3.8) is 0 Å². The molecule has 0 aromatic heterocycles. The van der Waals surface area contributed by atoms with Gasteiger partial charge >= 0.3 is 0 Å². The predicted octanol–water partition coefficient (Wildman–Crippen LogP) is 1.96. The van der Waals surface area contributed by atoms with Crippen molar-refractivity contribution in [1.82, 2.24) is 4.90 Å². The lowest BCUT2D eigenvalue weighted by atomic mass is 10.0. The molecule has 0 radical (unpaired) electrons. The maximum atomic E-state index is 12.8. The van der Waals surface area contributed by atoms with E-state index in [0.29, 0.717) is 6.04 Å². The van der Waals surface area contributed by atoms with Gasteiger partial charge in [0.1, 0.15) is 5.82 Å². The predicted molar refractivity (Wildman–Crippen MR) is 66.7 cm³/mol. The Bertz CT molecular complexity index is 355. The highest BCUT2D eigenvalue weighted by molar-refractivity contribution is 5.44. The number of ether oxygens (including phenoxy) is 1. The molecule has 4 heteroatoms. The zero-order chi connectivity index (χ0) is 12.3. The van der Waals surface area contributed by atoms with E-state index in [-0.39, 0.29) is 11.9 Å². The lowest BCUT2D eigenvalue weighted by Crippen LogP contribution is -2.49. The highest BCUT2D eigenvalue weighted by atomic mass is 19.1. The molecule has 1 aliphatic rings. The Hall–Kier alpha value is -1.13. The van der Waals surface area contributed by atoms with Crippen LogP contribution in [0.1, 0.15) is 6.42 Å². The number of hydrogen-bond donors (Lipinski definition) is 1. The number of rotatable bonds is 3. The number of methoxy groups -OCH3 is 1. The third-order valence-electron chi connectivity index (χ3n) is 3.26. The minimum absolute atomic E-state index is 0.179. The molecule has 1 fully saturated rings. The molecule has 0 spiro atoms. The van der Waals surface area contributed by atoms with Gasteiger partial charge in [-0.05, 0) is 44.3 Å². The van der Waals surface area contributed by atoms with E-state index >= 15 is 0 Å². The van der Waals surface area contributed by atoms with Gasteiger partial charge in [-0.15, -0.1) is 0 Å². The minimum Gasteiger partial charge on any atom is -0.380 e. The fourth-order valence-corrected chi connectivity index (χ4v) is 2.24. The van der Waals surface area contributed by atoms with Crippen LogP contribution in [-0.4, -0.2) is 44.3 Å². The average molecular weight is 238 g/mol. The summed E-state index contributed by atoms with van der Waals surface area (Å²) < 4.78 is 18.3. The first kappa shape index (κ1) is 12.3. The first-order valence-corrected chi connectivity index (χ1v) is 5.92. The van der Waals surface area contributed by atoms with Gasteiger partial charge in [-0.1, -0.05) is 0 Å². The summed E-state index contributed by atoms with van der Waals surface area (Å²) in [5.41, 5.74) is 0.947. The first-order valence-electron chi connectivity index (χ1n) is 5.92. The van der Waals surface area contributed by atoms with E-state index < -0.39 is 0 Å². The van der Waals surface area contributed by atoms with Crippen LogP contribution in [0.15, 0.2) is 24.3 Å². The molecule has 2 atom stereocenters. The number of nitrogens with zero attached hydrogens (tertiary/aromatic N) is 1. The highest BCUT2D eigenvalue weighted by Crippen LogP contribution is 2.18. The first-order chi connectivity index (χ1) is 8.19. The molecule has 3 nitrogen and oxygen atoms in total. The van der Waals surface area contributed by atoms with E-state index in [9.17, 15) is 4.39 Å². The Labute approximate surface area is 102 Å². The molecule has 0 unspecified atom stereocenters. The fourth-order valence-electron chi connectivity index (χ4n) is 2.24. The number of likely N-dealkylation sites (N-methyl/N-ethyl adjacent to an activating group) is 1. The largest absolute Gasteiger partial charge is 0.380 e. The van der Waals surface area contributed by atoms with Gasteiger partial charge in [-0.3, -0.25) is 0 Å². The third-order valence-corrected chi connectivity index (χ3v) is 3.26. The average Bonchev–Trinajstić information content (AvgIpc) is 2.34. The van der Waals surface area contributed by atoms with E-state index in [0.717, 1.165) is 25.2 Å².